The number of ether oxygens (including phenoxy) is 1. The number of hydrogen-bond acceptors (Lipinski definition) is 5. The van der Waals surface area contributed by atoms with Gasteiger partial charge in [-0.3, -0.25) is 9.59 Å². The van der Waals surface area contributed by atoms with Gasteiger partial charge in [-0.15, -0.1) is 0 Å². The normalized spacial score (nSPS) is 24.0. The molecular formula is C16H22N4O3. The summed E-state index contributed by atoms with van der Waals surface area (Å²) in [7, 11) is 1.57. The Balaban J connectivity index is 1.81. The molecule has 1 aliphatic heterocycles. The van der Waals surface area contributed by atoms with Crippen molar-refractivity contribution in [1.29, 1.82) is 0 Å². The van der Waals surface area contributed by atoms with Gasteiger partial charge in [-0.05, 0) is 25.7 Å². The van der Waals surface area contributed by atoms with Crippen LogP contribution in [0.2, 0.25) is 0 Å². The van der Waals surface area contributed by atoms with Crippen molar-refractivity contribution in [3.8, 4) is 0 Å². The largest absolute Gasteiger partial charge is 0.382 e. The van der Waals surface area contributed by atoms with E-state index in [-0.39, 0.29) is 12.3 Å². The molecule has 1 unspecified atom stereocenters. The van der Waals surface area contributed by atoms with Crippen molar-refractivity contribution < 1.29 is 14.3 Å². The lowest BCUT2D eigenvalue weighted by Gasteiger charge is -2.37. The van der Waals surface area contributed by atoms with Gasteiger partial charge < -0.3 is 15.4 Å². The monoisotopic (exact) mass is 318 g/mol. The molecule has 2 heterocycles. The number of methoxy groups -OCH3 is 1. The van der Waals surface area contributed by atoms with Gasteiger partial charge in [0.05, 0.1) is 24.1 Å². The zero-order valence-corrected chi connectivity index (χ0v) is 13.3. The molecule has 0 spiro atoms. The number of carbonyl (C=O) groups excluding carboxylic acids is 2. The quantitative estimate of drug-likeness (QED) is 0.838. The summed E-state index contributed by atoms with van der Waals surface area (Å²) in [6, 6.07) is 0. The van der Waals surface area contributed by atoms with E-state index in [1.165, 1.54) is 0 Å². The van der Waals surface area contributed by atoms with Crippen LogP contribution in [-0.2, 0) is 9.53 Å². The highest BCUT2D eigenvalue weighted by Gasteiger charge is 2.45. The first kappa shape index (κ1) is 15.9. The lowest BCUT2D eigenvalue weighted by atomic mass is 9.92. The number of nitrogens with zero attached hydrogens (tertiary/aromatic N) is 3. The van der Waals surface area contributed by atoms with E-state index in [4.69, 9.17) is 10.5 Å². The molecule has 0 radical (unpaired) electrons. The van der Waals surface area contributed by atoms with Crippen LogP contribution in [0.25, 0.3) is 0 Å². The highest BCUT2D eigenvalue weighted by atomic mass is 16.5. The van der Waals surface area contributed by atoms with Gasteiger partial charge in [0.25, 0.3) is 5.91 Å². The predicted octanol–water partition coefficient (Wildman–Crippen LogP) is 0.851. The number of aromatic nitrogens is 2. The van der Waals surface area contributed by atoms with Crippen LogP contribution in [0, 0.1) is 0 Å². The van der Waals surface area contributed by atoms with Crippen LogP contribution in [0.3, 0.4) is 0 Å². The average molecular weight is 318 g/mol. The number of nitrogens with two attached hydrogens (primary N) is 1. The van der Waals surface area contributed by atoms with Gasteiger partial charge in [-0.25, -0.2) is 9.97 Å². The van der Waals surface area contributed by atoms with Gasteiger partial charge in [0.15, 0.2) is 0 Å². The molecule has 7 heteroatoms. The smallest absolute Gasteiger partial charge is 0.257 e. The van der Waals surface area contributed by atoms with E-state index >= 15 is 0 Å². The van der Waals surface area contributed by atoms with Crippen molar-refractivity contribution in [2.75, 3.05) is 20.3 Å². The Bertz CT molecular complexity index is 600. The third-order valence-electron chi connectivity index (χ3n) is 4.62. The van der Waals surface area contributed by atoms with Crippen LogP contribution in [0.5, 0.6) is 0 Å². The van der Waals surface area contributed by atoms with Gasteiger partial charge in [-0.1, -0.05) is 0 Å². The maximum absolute atomic E-state index is 12.9. The van der Waals surface area contributed by atoms with E-state index in [0.717, 1.165) is 25.1 Å². The van der Waals surface area contributed by atoms with Gasteiger partial charge in [0.1, 0.15) is 5.82 Å². The molecule has 1 aliphatic carbocycles. The molecule has 0 bridgehead atoms. The summed E-state index contributed by atoms with van der Waals surface area (Å²) >= 11 is 0. The summed E-state index contributed by atoms with van der Waals surface area (Å²) in [5.74, 6) is 0.668. The Labute approximate surface area is 135 Å². The Morgan fingerprint density at radius 2 is 2.09 bits per heavy atom. The Kier molecular flexibility index (Phi) is 4.30. The number of carbonyl (C=O) groups is 2. The minimum Gasteiger partial charge on any atom is -0.382 e. The number of hydrogen-bond donors (Lipinski definition) is 1. The first-order valence-electron chi connectivity index (χ1n) is 7.97. The molecular weight excluding hydrogens is 296 g/mol. The highest BCUT2D eigenvalue weighted by Crippen LogP contribution is 2.38. The molecule has 2 N–H and O–H groups in total. The maximum Gasteiger partial charge on any atom is 0.257 e. The molecule has 1 aromatic rings. The van der Waals surface area contributed by atoms with Gasteiger partial charge >= 0.3 is 0 Å². The Hall–Kier alpha value is -2.02. The van der Waals surface area contributed by atoms with Crippen LogP contribution < -0.4 is 5.73 Å². The van der Waals surface area contributed by atoms with Crippen LogP contribution in [0.15, 0.2) is 12.4 Å². The molecule has 124 valence electrons. The van der Waals surface area contributed by atoms with Gasteiger partial charge in [0.2, 0.25) is 5.91 Å². The van der Waals surface area contributed by atoms with Crippen molar-refractivity contribution in [2.24, 2.45) is 5.73 Å². The van der Waals surface area contributed by atoms with Crippen molar-refractivity contribution >= 4 is 11.8 Å². The summed E-state index contributed by atoms with van der Waals surface area (Å²) in [6.45, 7) is 0.878. The second-order valence-electron chi connectivity index (χ2n) is 6.46. The first-order chi connectivity index (χ1) is 11.1. The summed E-state index contributed by atoms with van der Waals surface area (Å²) < 4.78 is 5.27. The minimum absolute atomic E-state index is 0.105. The molecule has 3 rings (SSSR count). The van der Waals surface area contributed by atoms with E-state index in [9.17, 15) is 9.59 Å². The molecule has 2 aliphatic rings. The van der Waals surface area contributed by atoms with Crippen LogP contribution >= 0.6 is 0 Å². The summed E-state index contributed by atoms with van der Waals surface area (Å²) in [5, 5.41) is 0. The number of amides is 2. The van der Waals surface area contributed by atoms with E-state index < -0.39 is 11.4 Å². The zero-order chi connectivity index (χ0) is 16.4. The minimum atomic E-state index is -0.660. The molecule has 0 aromatic carbocycles. The second-order valence-corrected chi connectivity index (χ2v) is 6.46. The molecule has 23 heavy (non-hydrogen) atoms. The lowest BCUT2D eigenvalue weighted by molar-refractivity contribution is -0.121. The fraction of sp³-hybridized carbons (Fsp3) is 0.625. The van der Waals surface area contributed by atoms with E-state index in [2.05, 4.69) is 9.97 Å². The third kappa shape index (κ3) is 3.19. The van der Waals surface area contributed by atoms with Gasteiger partial charge in [0, 0.05) is 32.0 Å². The first-order valence-corrected chi connectivity index (χ1v) is 7.97. The van der Waals surface area contributed by atoms with Crippen molar-refractivity contribution in [2.45, 2.75) is 43.6 Å². The van der Waals surface area contributed by atoms with Gasteiger partial charge in [-0.2, -0.15) is 0 Å². The zero-order valence-electron chi connectivity index (χ0n) is 13.3. The molecule has 1 atom stereocenters. The van der Waals surface area contributed by atoms with E-state index in [1.807, 2.05) is 0 Å². The summed E-state index contributed by atoms with van der Waals surface area (Å²) in [5.41, 5.74) is 5.18. The molecule has 1 aromatic heterocycles. The van der Waals surface area contributed by atoms with E-state index in [0.29, 0.717) is 31.1 Å². The molecule has 2 amide bonds. The Morgan fingerprint density at radius 3 is 2.65 bits per heavy atom. The van der Waals surface area contributed by atoms with Crippen LogP contribution in [0.1, 0.15) is 54.2 Å². The molecule has 1 saturated carbocycles. The van der Waals surface area contributed by atoms with Crippen molar-refractivity contribution in [3.05, 3.63) is 23.8 Å². The standard InChI is InChI=1S/C16H22N4O3/c1-23-10-16(7-13(17)21)5-2-6-20(16)15(22)12-8-18-14(19-9-12)11-3-4-11/h8-9,11H,2-7,10H2,1H3,(H2,17,21). The number of rotatable bonds is 6. The predicted molar refractivity (Wildman–Crippen MR) is 82.7 cm³/mol. The Morgan fingerprint density at radius 1 is 1.39 bits per heavy atom. The van der Waals surface area contributed by atoms with E-state index in [1.54, 1.807) is 24.4 Å². The summed E-state index contributed by atoms with van der Waals surface area (Å²) in [4.78, 5) is 34.6. The van der Waals surface area contributed by atoms with Crippen molar-refractivity contribution in [1.82, 2.24) is 14.9 Å². The number of likely N-dealkylation sites (tertiary alicyclic amines) is 1. The maximum atomic E-state index is 12.9. The highest BCUT2D eigenvalue weighted by molar-refractivity contribution is 5.94. The SMILES string of the molecule is COCC1(CC(N)=O)CCCN1C(=O)c1cnc(C2CC2)nc1. The van der Waals surface area contributed by atoms with Crippen LogP contribution in [-0.4, -0.2) is 52.5 Å². The molecule has 7 nitrogen and oxygen atoms in total. The number of primary amides is 1. The topological polar surface area (TPSA) is 98.4 Å². The second kappa shape index (κ2) is 6.23. The average Bonchev–Trinajstić information content (AvgIpc) is 3.29. The summed E-state index contributed by atoms with van der Waals surface area (Å²) in [6.07, 6.45) is 7.05. The lowest BCUT2D eigenvalue weighted by Crippen LogP contribution is -2.52. The molecule has 2 fully saturated rings. The molecule has 1 saturated heterocycles. The fourth-order valence-electron chi connectivity index (χ4n) is 3.39. The fourth-order valence-corrected chi connectivity index (χ4v) is 3.39. The third-order valence-corrected chi connectivity index (χ3v) is 4.62. The van der Waals surface area contributed by atoms with Crippen LogP contribution in [0.4, 0.5) is 0 Å². The van der Waals surface area contributed by atoms with Crippen molar-refractivity contribution in [3.63, 3.8) is 0 Å².